The average molecular weight is 1120 g/mol. The number of nitrogens with two attached hydrogens (primary N) is 1. The van der Waals surface area contributed by atoms with Gasteiger partial charge in [0.1, 0.15) is 29.6 Å². The Bertz CT molecular complexity index is 3390. The van der Waals surface area contributed by atoms with Crippen LogP contribution in [0, 0.1) is 13.8 Å². The molecule has 78 heavy (non-hydrogen) atoms. The van der Waals surface area contributed by atoms with Gasteiger partial charge in [-0.25, -0.2) is 31.8 Å². The van der Waals surface area contributed by atoms with Gasteiger partial charge in [-0.2, -0.15) is 8.61 Å². The van der Waals surface area contributed by atoms with Crippen LogP contribution in [0.2, 0.25) is 0 Å². The fraction of sp³-hybridized carbons (Fsp3) is 0.509. The zero-order valence-electron chi connectivity index (χ0n) is 45.8. The first-order valence-corrected chi connectivity index (χ1v) is 28.7. The van der Waals surface area contributed by atoms with Crippen molar-refractivity contribution >= 4 is 43.6 Å². The van der Waals surface area contributed by atoms with Crippen LogP contribution in [0.4, 0.5) is 0 Å². The Kier molecular flexibility index (Phi) is 22.5. The van der Waals surface area contributed by atoms with Crippen LogP contribution in [0.5, 0.6) is 11.5 Å². The Morgan fingerprint density at radius 2 is 1.03 bits per heavy atom. The van der Waals surface area contributed by atoms with E-state index in [2.05, 4.69) is 40.8 Å². The normalized spacial score (nSPS) is 14.9. The van der Waals surface area contributed by atoms with Crippen molar-refractivity contribution in [3.63, 3.8) is 0 Å². The van der Waals surface area contributed by atoms with Crippen LogP contribution in [0.1, 0.15) is 99.2 Å². The molecule has 0 unspecified atom stereocenters. The Morgan fingerprint density at radius 3 is 1.38 bits per heavy atom. The van der Waals surface area contributed by atoms with E-state index >= 15 is 0 Å². The summed E-state index contributed by atoms with van der Waals surface area (Å²) < 4.78 is 71.9. The number of nitrogens with one attached hydrogen (secondary N) is 2. The number of piperazine rings is 2. The number of hydrogen-bond acceptors (Lipinski definition) is 17. The molecule has 428 valence electrons. The zero-order valence-corrected chi connectivity index (χ0v) is 47.5. The van der Waals surface area contributed by atoms with E-state index < -0.39 is 25.6 Å². The number of ether oxygens (including phenoxy) is 2. The first-order chi connectivity index (χ1) is 36.9. The maximum Gasteiger partial charge on any atom is 0.275 e. The van der Waals surface area contributed by atoms with Gasteiger partial charge in [0.2, 0.25) is 20.0 Å². The third-order valence-electron chi connectivity index (χ3n) is 13.3. The molecule has 0 saturated carbocycles. The maximum atomic E-state index is 13.5. The summed E-state index contributed by atoms with van der Waals surface area (Å²) in [4.78, 5) is 57.1. The first kappa shape index (κ1) is 62.5. The number of rotatable bonds is 19. The number of H-pyrrole nitrogens is 2. The molecular formula is C53H78N12O11S2. The fourth-order valence-electron chi connectivity index (χ4n) is 9.21. The van der Waals surface area contributed by atoms with Gasteiger partial charge in [-0.1, -0.05) is 53.1 Å². The topological polar surface area (TPSA) is 274 Å². The van der Waals surface area contributed by atoms with Gasteiger partial charge >= 0.3 is 0 Å². The molecule has 4 aromatic heterocycles. The van der Waals surface area contributed by atoms with Crippen molar-refractivity contribution in [2.75, 3.05) is 93.9 Å². The summed E-state index contributed by atoms with van der Waals surface area (Å²) in [6.07, 6.45) is 6.68. The number of oxime groups is 1. The predicted octanol–water partition coefficient (Wildman–Crippen LogP) is 5.29. The standard InChI is InChI=1S/C26H36N6O5S.C25H33N5O5S.CH5NO.CH4/c1-6-8-22-21(17-27-36-5)18(3)24-26(33)28-25(29-32(22)24)20-16-19(9-10-23(20)37-15-7-2)38(34,35)31-13-11-30(4)12-14-31;1-5-7-21-20(16-31)17(3)23-25(32)26-24(27-30(21)23)19-15-18(8-9-22(19)35-14-6-2)36(33,34)29-12-10-28(4)11-13-29;1-3-2;/h9-10,16-17H,6-8,11-15H2,1-5H3,(H,28,29,33);8-9,15-16H,5-7,10-14H2,1-4H3,(H,26,27,32);2H2,1H3;1H4/b27-17+;;;. The summed E-state index contributed by atoms with van der Waals surface area (Å²) in [5.74, 6) is 5.63. The largest absolute Gasteiger partial charge is 0.493 e. The molecule has 2 fully saturated rings. The van der Waals surface area contributed by atoms with E-state index in [0.29, 0.717) is 129 Å². The number of nitrogens with zero attached hydrogens (tertiary/aromatic N) is 9. The van der Waals surface area contributed by atoms with Crippen molar-refractivity contribution in [2.45, 2.75) is 97.3 Å². The first-order valence-electron chi connectivity index (χ1n) is 25.8. The molecule has 0 radical (unpaired) electrons. The number of aryl methyl sites for hydroxylation is 4. The highest BCUT2D eigenvalue weighted by Gasteiger charge is 2.31. The Morgan fingerprint density at radius 1 is 0.641 bits per heavy atom. The number of fused-ring (bicyclic) bond motifs is 2. The molecule has 8 rings (SSSR count). The van der Waals surface area contributed by atoms with Crippen LogP contribution >= 0.6 is 0 Å². The smallest absolute Gasteiger partial charge is 0.275 e. The quantitative estimate of drug-likeness (QED) is 0.0528. The van der Waals surface area contributed by atoms with Crippen LogP contribution in [-0.2, 0) is 42.6 Å². The summed E-state index contributed by atoms with van der Waals surface area (Å²) in [5.41, 5.74) is 4.79. The van der Waals surface area contributed by atoms with Crippen molar-refractivity contribution in [1.82, 2.24) is 47.6 Å². The van der Waals surface area contributed by atoms with Crippen LogP contribution in [0.3, 0.4) is 0 Å². The second-order valence-corrected chi connectivity index (χ2v) is 22.7. The molecule has 0 aliphatic carbocycles. The van der Waals surface area contributed by atoms with Crippen molar-refractivity contribution in [3.8, 4) is 34.3 Å². The molecule has 2 aliphatic heterocycles. The van der Waals surface area contributed by atoms with E-state index in [-0.39, 0.29) is 34.4 Å². The molecule has 0 atom stereocenters. The lowest BCUT2D eigenvalue weighted by Gasteiger charge is -2.31. The van der Waals surface area contributed by atoms with Gasteiger partial charge in [-0.05, 0) is 101 Å². The van der Waals surface area contributed by atoms with E-state index in [1.54, 1.807) is 41.9 Å². The van der Waals surface area contributed by atoms with Gasteiger partial charge in [-0.15, -0.1) is 10.2 Å². The molecule has 4 N–H and O–H groups in total. The van der Waals surface area contributed by atoms with Gasteiger partial charge in [0.25, 0.3) is 11.1 Å². The number of aromatic nitrogens is 6. The maximum absolute atomic E-state index is 13.5. The van der Waals surface area contributed by atoms with Crippen molar-refractivity contribution in [2.24, 2.45) is 11.1 Å². The third kappa shape index (κ3) is 13.6. The van der Waals surface area contributed by atoms with E-state index in [0.717, 1.165) is 48.8 Å². The highest BCUT2D eigenvalue weighted by atomic mass is 32.2. The van der Waals surface area contributed by atoms with Gasteiger partial charge in [-0.3, -0.25) is 14.4 Å². The zero-order chi connectivity index (χ0) is 56.2. The minimum absolute atomic E-state index is 0. The molecule has 25 heteroatoms. The molecule has 2 saturated heterocycles. The molecule has 6 heterocycles. The summed E-state index contributed by atoms with van der Waals surface area (Å²) in [6, 6.07) is 9.41. The summed E-state index contributed by atoms with van der Waals surface area (Å²) in [7, 11) is -0.688. The third-order valence-corrected chi connectivity index (χ3v) is 17.1. The van der Waals surface area contributed by atoms with Gasteiger partial charge in [0.15, 0.2) is 17.9 Å². The van der Waals surface area contributed by atoms with E-state index in [1.807, 2.05) is 48.7 Å². The molecular weight excluding hydrogens is 1040 g/mol. The Labute approximate surface area is 457 Å². The number of carbonyl (C=O) groups is 1. The lowest BCUT2D eigenvalue weighted by atomic mass is 10.1. The minimum Gasteiger partial charge on any atom is -0.493 e. The second-order valence-electron chi connectivity index (χ2n) is 18.8. The van der Waals surface area contributed by atoms with Crippen molar-refractivity contribution in [1.29, 1.82) is 0 Å². The summed E-state index contributed by atoms with van der Waals surface area (Å²) in [5, 5.41) is 13.4. The molecule has 0 bridgehead atoms. The average Bonchev–Trinajstić information content (AvgIpc) is 3.93. The number of aromatic amines is 2. The number of hydrogen-bond donors (Lipinski definition) is 3. The van der Waals surface area contributed by atoms with E-state index in [1.165, 1.54) is 39.5 Å². The number of likely N-dealkylation sites (N-methyl/N-ethyl adjacent to an activating group) is 2. The van der Waals surface area contributed by atoms with Gasteiger partial charge < -0.3 is 38.9 Å². The van der Waals surface area contributed by atoms with Crippen LogP contribution < -0.4 is 26.5 Å². The molecule has 2 aliphatic rings. The lowest BCUT2D eigenvalue weighted by molar-refractivity contribution is 0.112. The van der Waals surface area contributed by atoms with E-state index in [4.69, 9.17) is 19.4 Å². The fourth-order valence-corrected chi connectivity index (χ4v) is 12.1. The molecule has 23 nitrogen and oxygen atoms in total. The van der Waals surface area contributed by atoms with Crippen molar-refractivity contribution < 1.29 is 40.8 Å². The number of carbonyl (C=O) groups excluding carboxylic acids is 1. The lowest BCUT2D eigenvalue weighted by Crippen LogP contribution is -2.47. The predicted molar refractivity (Wildman–Crippen MR) is 302 cm³/mol. The highest BCUT2D eigenvalue weighted by Crippen LogP contribution is 2.34. The minimum atomic E-state index is -3.75. The highest BCUT2D eigenvalue weighted by molar-refractivity contribution is 7.89. The molecule has 2 aromatic carbocycles. The second kappa shape index (κ2) is 28.0. The van der Waals surface area contributed by atoms with Gasteiger partial charge in [0.05, 0.1) is 58.8 Å². The summed E-state index contributed by atoms with van der Waals surface area (Å²) >= 11 is 0. The van der Waals surface area contributed by atoms with Gasteiger partial charge in [0, 0.05) is 63.5 Å². The molecule has 6 aromatic rings. The van der Waals surface area contributed by atoms with Crippen LogP contribution in [-0.4, -0.2) is 171 Å². The SMILES string of the molecule is C.CCCOc1ccc(S(=O)(=O)N2CCN(C)CC2)cc1-c1nn2c(CCC)c(/C=N/OC)c(C)c2c(=O)[nH]1.CCCOc1ccc(S(=O)(=O)N2CCN(C)CC2)cc1-c1nn2c(CCC)c(C=O)c(C)c2c(=O)[nH]1.CON. The Hall–Kier alpha value is -6.32. The van der Waals surface area contributed by atoms with Crippen LogP contribution in [0.25, 0.3) is 33.8 Å². The Balaban J connectivity index is 0.000000271. The van der Waals surface area contributed by atoms with Crippen molar-refractivity contribution in [3.05, 3.63) is 90.7 Å². The molecule has 0 amide bonds. The number of benzene rings is 2. The monoisotopic (exact) mass is 1120 g/mol. The molecule has 0 spiro atoms. The van der Waals surface area contributed by atoms with Crippen LogP contribution in [0.15, 0.2) is 60.9 Å². The number of aldehydes is 1. The summed E-state index contributed by atoms with van der Waals surface area (Å²) in [6.45, 7) is 16.7. The number of sulfonamides is 2. The van der Waals surface area contributed by atoms with E-state index in [9.17, 15) is 31.2 Å².